The Morgan fingerprint density at radius 3 is 2.73 bits per heavy atom. The van der Waals surface area contributed by atoms with E-state index in [4.69, 9.17) is 4.74 Å². The molecule has 0 bridgehead atoms. The third kappa shape index (κ3) is 5.53. The Labute approximate surface area is 229 Å². The maximum absolute atomic E-state index is 15.0. The molecule has 6 rings (SSSR count). The van der Waals surface area contributed by atoms with Gasteiger partial charge in [0.2, 0.25) is 5.88 Å². The molecule has 2 aliphatic rings. The minimum atomic E-state index is -0.534. The molecule has 0 atom stereocenters. The van der Waals surface area contributed by atoms with Gasteiger partial charge in [0.05, 0.1) is 24.0 Å². The van der Waals surface area contributed by atoms with Crippen molar-refractivity contribution in [2.24, 2.45) is 0 Å². The molecule has 40 heavy (non-hydrogen) atoms. The molecule has 4 aromatic rings. The van der Waals surface area contributed by atoms with Crippen LogP contribution < -0.4 is 25.6 Å². The van der Waals surface area contributed by atoms with Gasteiger partial charge < -0.3 is 30.6 Å². The average Bonchev–Trinajstić information content (AvgIpc) is 3.69. The van der Waals surface area contributed by atoms with Crippen LogP contribution in [-0.2, 0) is 6.42 Å². The standard InChI is InChI=1S/C28H30F2N8O2/c1-16-12-20-24(30)17(13-21(29)25(20)35-16)6-11-40-28-23(27(39)36-18-2-3-18)26(33-15-34-28)37-22-5-4-19(14-32-22)38-9-7-31-8-10-38/h4-5,12-15,18,31,35H,2-3,6-11H2,1H3,(H,36,39)(H,32,33,34,37). The number of fused-ring (bicyclic) bond motifs is 1. The first-order valence-electron chi connectivity index (χ1n) is 13.4. The van der Waals surface area contributed by atoms with Gasteiger partial charge in [-0.3, -0.25) is 4.79 Å². The largest absolute Gasteiger partial charge is 0.477 e. The summed E-state index contributed by atoms with van der Waals surface area (Å²) in [5.74, 6) is -0.611. The molecular weight excluding hydrogens is 518 g/mol. The maximum Gasteiger partial charge on any atom is 0.260 e. The highest BCUT2D eigenvalue weighted by Crippen LogP contribution is 2.29. The van der Waals surface area contributed by atoms with Crippen molar-refractivity contribution in [2.75, 3.05) is 43.0 Å². The second-order valence-electron chi connectivity index (χ2n) is 10.1. The number of pyridine rings is 1. The Morgan fingerprint density at radius 2 is 1.98 bits per heavy atom. The number of aryl methyl sites for hydroxylation is 1. The number of anilines is 3. The lowest BCUT2D eigenvalue weighted by Gasteiger charge is -2.29. The minimum Gasteiger partial charge on any atom is -0.477 e. The van der Waals surface area contributed by atoms with Gasteiger partial charge in [0.25, 0.3) is 5.91 Å². The molecule has 4 heterocycles. The number of carbonyl (C=O) groups is 1. The van der Waals surface area contributed by atoms with Gasteiger partial charge in [0.1, 0.15) is 29.3 Å². The Bertz CT molecular complexity index is 1530. The zero-order valence-electron chi connectivity index (χ0n) is 22.1. The Balaban J connectivity index is 1.21. The number of nitrogens with zero attached hydrogens (tertiary/aromatic N) is 4. The van der Waals surface area contributed by atoms with Crippen LogP contribution >= 0.6 is 0 Å². The third-order valence-electron chi connectivity index (χ3n) is 7.05. The van der Waals surface area contributed by atoms with Crippen molar-refractivity contribution < 1.29 is 18.3 Å². The van der Waals surface area contributed by atoms with Crippen LogP contribution in [0.4, 0.5) is 26.1 Å². The molecule has 208 valence electrons. The van der Waals surface area contributed by atoms with E-state index in [9.17, 15) is 9.18 Å². The van der Waals surface area contributed by atoms with Crippen LogP contribution in [0.25, 0.3) is 10.9 Å². The van der Waals surface area contributed by atoms with Crippen molar-refractivity contribution in [3.8, 4) is 5.88 Å². The number of benzene rings is 1. The molecule has 0 radical (unpaired) electrons. The van der Waals surface area contributed by atoms with Crippen LogP contribution in [0.5, 0.6) is 5.88 Å². The number of hydrogen-bond donors (Lipinski definition) is 4. The van der Waals surface area contributed by atoms with Gasteiger partial charge in [-0.05, 0) is 49.6 Å². The SMILES string of the molecule is Cc1cc2c(F)c(CCOc3ncnc(Nc4ccc(N5CCNCC5)cn4)c3C(=O)NC3CC3)cc(F)c2[nH]1. The number of carbonyl (C=O) groups excluding carboxylic acids is 1. The summed E-state index contributed by atoms with van der Waals surface area (Å²) in [5.41, 5.74) is 2.13. The molecule has 3 aromatic heterocycles. The molecule has 1 aliphatic heterocycles. The van der Waals surface area contributed by atoms with Crippen molar-refractivity contribution in [2.45, 2.75) is 32.2 Å². The molecule has 12 heteroatoms. The van der Waals surface area contributed by atoms with Crippen molar-refractivity contribution >= 4 is 34.1 Å². The molecule has 2 fully saturated rings. The maximum atomic E-state index is 15.0. The normalized spacial score (nSPS) is 15.3. The number of H-pyrrole nitrogens is 1. The minimum absolute atomic E-state index is 0.0247. The molecule has 1 saturated carbocycles. The number of nitrogens with one attached hydrogen (secondary N) is 4. The van der Waals surface area contributed by atoms with E-state index in [2.05, 4.69) is 40.8 Å². The number of ether oxygens (including phenoxy) is 1. The van der Waals surface area contributed by atoms with Gasteiger partial charge in [0.15, 0.2) is 5.82 Å². The summed E-state index contributed by atoms with van der Waals surface area (Å²) in [7, 11) is 0. The summed E-state index contributed by atoms with van der Waals surface area (Å²) in [6.07, 6.45) is 4.95. The molecular formula is C28H30F2N8O2. The quantitative estimate of drug-likeness (QED) is 0.251. The Kier molecular flexibility index (Phi) is 7.16. The molecule has 4 N–H and O–H groups in total. The second-order valence-corrected chi connectivity index (χ2v) is 10.1. The summed E-state index contributed by atoms with van der Waals surface area (Å²) in [4.78, 5) is 31.3. The fourth-order valence-electron chi connectivity index (χ4n) is 4.81. The zero-order chi connectivity index (χ0) is 27.6. The van der Waals surface area contributed by atoms with Crippen molar-refractivity contribution in [3.63, 3.8) is 0 Å². The van der Waals surface area contributed by atoms with Gasteiger partial charge >= 0.3 is 0 Å². The number of amides is 1. The predicted molar refractivity (Wildman–Crippen MR) is 147 cm³/mol. The summed E-state index contributed by atoms with van der Waals surface area (Å²) >= 11 is 0. The summed E-state index contributed by atoms with van der Waals surface area (Å²) in [6, 6.07) is 6.64. The topological polar surface area (TPSA) is 120 Å². The van der Waals surface area contributed by atoms with Gasteiger partial charge in [-0.15, -0.1) is 0 Å². The summed E-state index contributed by atoms with van der Waals surface area (Å²) in [5, 5.41) is 9.59. The third-order valence-corrected chi connectivity index (χ3v) is 7.05. The highest BCUT2D eigenvalue weighted by molar-refractivity contribution is 6.01. The first kappa shape index (κ1) is 25.9. The predicted octanol–water partition coefficient (Wildman–Crippen LogP) is 3.61. The van der Waals surface area contributed by atoms with E-state index in [1.54, 1.807) is 19.2 Å². The molecule has 1 aromatic carbocycles. The number of piperazine rings is 1. The van der Waals surface area contributed by atoms with E-state index in [0.29, 0.717) is 11.5 Å². The van der Waals surface area contributed by atoms with Gasteiger partial charge in [-0.25, -0.2) is 23.7 Å². The van der Waals surface area contributed by atoms with Crippen LogP contribution in [0.2, 0.25) is 0 Å². The average molecular weight is 549 g/mol. The molecule has 1 saturated heterocycles. The molecule has 1 aliphatic carbocycles. The van der Waals surface area contributed by atoms with E-state index in [1.165, 1.54) is 12.4 Å². The lowest BCUT2D eigenvalue weighted by atomic mass is 10.1. The fourth-order valence-corrected chi connectivity index (χ4v) is 4.81. The lowest BCUT2D eigenvalue weighted by molar-refractivity contribution is 0.0946. The van der Waals surface area contributed by atoms with Crippen LogP contribution in [0.3, 0.4) is 0 Å². The van der Waals surface area contributed by atoms with E-state index in [-0.39, 0.29) is 58.7 Å². The number of rotatable bonds is 9. The van der Waals surface area contributed by atoms with E-state index in [0.717, 1.165) is 44.7 Å². The fraction of sp³-hybridized carbons (Fsp3) is 0.357. The lowest BCUT2D eigenvalue weighted by Crippen LogP contribution is -2.43. The van der Waals surface area contributed by atoms with Crippen LogP contribution in [0.1, 0.15) is 34.5 Å². The molecule has 10 nitrogen and oxygen atoms in total. The molecule has 0 spiro atoms. The van der Waals surface area contributed by atoms with Crippen LogP contribution in [0, 0.1) is 18.6 Å². The van der Waals surface area contributed by atoms with Crippen LogP contribution in [0.15, 0.2) is 36.8 Å². The van der Waals surface area contributed by atoms with Crippen LogP contribution in [-0.4, -0.2) is 64.7 Å². The number of aromatic nitrogens is 4. The second kappa shape index (κ2) is 11.0. The zero-order valence-corrected chi connectivity index (χ0v) is 22.1. The Hall–Kier alpha value is -4.32. The number of halogens is 2. The van der Waals surface area contributed by atoms with Gasteiger partial charge in [-0.2, -0.15) is 0 Å². The summed E-state index contributed by atoms with van der Waals surface area (Å²) in [6.45, 7) is 5.37. The highest BCUT2D eigenvalue weighted by Gasteiger charge is 2.28. The number of aromatic amines is 1. The van der Waals surface area contributed by atoms with Gasteiger partial charge in [0, 0.05) is 49.7 Å². The van der Waals surface area contributed by atoms with E-state index >= 15 is 4.39 Å². The van der Waals surface area contributed by atoms with E-state index < -0.39 is 11.6 Å². The van der Waals surface area contributed by atoms with E-state index in [1.807, 2.05) is 12.1 Å². The first-order valence-corrected chi connectivity index (χ1v) is 13.4. The first-order chi connectivity index (χ1) is 19.5. The summed E-state index contributed by atoms with van der Waals surface area (Å²) < 4.78 is 35.5. The monoisotopic (exact) mass is 548 g/mol. The number of hydrogen-bond acceptors (Lipinski definition) is 8. The molecule has 1 amide bonds. The highest BCUT2D eigenvalue weighted by atomic mass is 19.1. The molecule has 0 unspecified atom stereocenters. The smallest absolute Gasteiger partial charge is 0.260 e. The van der Waals surface area contributed by atoms with Crippen molar-refractivity contribution in [1.29, 1.82) is 0 Å². The van der Waals surface area contributed by atoms with Gasteiger partial charge in [-0.1, -0.05) is 0 Å². The van der Waals surface area contributed by atoms with Crippen molar-refractivity contribution in [3.05, 3.63) is 65.2 Å². The van der Waals surface area contributed by atoms with Crippen molar-refractivity contribution in [1.82, 2.24) is 30.6 Å². The Morgan fingerprint density at radius 1 is 1.15 bits per heavy atom.